The number of nitrogens with zero attached hydrogens (tertiary/aromatic N) is 3. The molecule has 0 aromatic heterocycles. The Balaban J connectivity index is 1.64. The molecule has 1 N–H and O–H groups in total. The first kappa shape index (κ1) is 24.3. The zero-order valence-corrected chi connectivity index (χ0v) is 21.0. The van der Waals surface area contributed by atoms with Gasteiger partial charge in [-0.05, 0) is 53.0 Å². The van der Waals surface area contributed by atoms with Crippen LogP contribution in [0.4, 0.5) is 5.69 Å². The van der Waals surface area contributed by atoms with Gasteiger partial charge >= 0.3 is 0 Å². The number of rotatable bonds is 6. The molecule has 4 amide bonds. The van der Waals surface area contributed by atoms with Crippen molar-refractivity contribution in [1.29, 1.82) is 0 Å². The van der Waals surface area contributed by atoms with Crippen molar-refractivity contribution in [2.75, 3.05) is 39.1 Å². The summed E-state index contributed by atoms with van der Waals surface area (Å²) in [5, 5.41) is 2.82. The van der Waals surface area contributed by atoms with Crippen LogP contribution < -0.4 is 10.2 Å². The molecule has 0 bridgehead atoms. The van der Waals surface area contributed by atoms with E-state index in [1.165, 1.54) is 21.6 Å². The first-order valence-electron chi connectivity index (χ1n) is 10.3. The minimum Gasteiger partial charge on any atom is -0.350 e. The van der Waals surface area contributed by atoms with Gasteiger partial charge in [0.25, 0.3) is 5.91 Å². The van der Waals surface area contributed by atoms with Gasteiger partial charge in [-0.2, -0.15) is 0 Å². The second-order valence-electron chi connectivity index (χ2n) is 8.21. The lowest BCUT2D eigenvalue weighted by molar-refractivity contribution is -0.129. The van der Waals surface area contributed by atoms with Crippen molar-refractivity contribution < 1.29 is 19.2 Å². The van der Waals surface area contributed by atoms with Gasteiger partial charge in [-0.15, -0.1) is 11.8 Å². The molecule has 0 radical (unpaired) electrons. The number of benzene rings is 1. The van der Waals surface area contributed by atoms with E-state index in [9.17, 15) is 19.2 Å². The van der Waals surface area contributed by atoms with Crippen LogP contribution in [0.15, 0.2) is 28.1 Å². The van der Waals surface area contributed by atoms with E-state index in [0.717, 1.165) is 9.38 Å². The average Bonchev–Trinajstić information content (AvgIpc) is 3.32. The van der Waals surface area contributed by atoms with Crippen molar-refractivity contribution in [3.8, 4) is 0 Å². The molecule has 2 heterocycles. The van der Waals surface area contributed by atoms with Crippen LogP contribution in [0.1, 0.15) is 28.8 Å². The summed E-state index contributed by atoms with van der Waals surface area (Å²) in [6.07, 6.45) is 2.89. The molecule has 172 valence electrons. The van der Waals surface area contributed by atoms with Gasteiger partial charge in [-0.1, -0.05) is 6.08 Å². The molecule has 3 rings (SSSR count). The van der Waals surface area contributed by atoms with E-state index in [1.54, 1.807) is 51.2 Å². The summed E-state index contributed by atoms with van der Waals surface area (Å²) in [5.74, 6) is -0.547. The standard InChI is InChI=1S/C22H27BrN4O4S/c1-13-9-15(5-6-16(13)22(31)26(4)12-20(29)25(2)3)27-11-14(10-19(27)28)24-21(30)17-7-8-18(23)32-17/h5-6,8-9,14,17H,7,10-12H2,1-4H3,(H,24,30). The van der Waals surface area contributed by atoms with E-state index in [1.807, 2.05) is 6.08 Å². The monoisotopic (exact) mass is 522 g/mol. The van der Waals surface area contributed by atoms with Crippen LogP contribution in [-0.4, -0.2) is 79.0 Å². The first-order chi connectivity index (χ1) is 15.1. The van der Waals surface area contributed by atoms with Crippen LogP contribution in [0, 0.1) is 6.92 Å². The molecule has 2 unspecified atom stereocenters. The highest BCUT2D eigenvalue weighted by molar-refractivity contribution is 9.14. The topological polar surface area (TPSA) is 90.0 Å². The summed E-state index contributed by atoms with van der Waals surface area (Å²) in [6.45, 7) is 2.19. The number of likely N-dealkylation sites (N-methyl/N-ethyl adjacent to an activating group) is 2. The number of allylic oxidation sites excluding steroid dienone is 1. The van der Waals surface area contributed by atoms with Gasteiger partial charge in [-0.25, -0.2) is 0 Å². The van der Waals surface area contributed by atoms with Crippen LogP contribution in [0.25, 0.3) is 0 Å². The van der Waals surface area contributed by atoms with E-state index in [2.05, 4.69) is 21.2 Å². The van der Waals surface area contributed by atoms with Crippen LogP contribution in [0.3, 0.4) is 0 Å². The fraction of sp³-hybridized carbons (Fsp3) is 0.455. The van der Waals surface area contributed by atoms with Gasteiger partial charge in [0.05, 0.1) is 17.8 Å². The van der Waals surface area contributed by atoms with Crippen molar-refractivity contribution in [2.45, 2.75) is 31.1 Å². The molecular formula is C22H27BrN4O4S. The van der Waals surface area contributed by atoms with E-state index in [0.29, 0.717) is 24.2 Å². The van der Waals surface area contributed by atoms with Crippen molar-refractivity contribution in [3.63, 3.8) is 0 Å². The van der Waals surface area contributed by atoms with Gasteiger partial charge in [0, 0.05) is 49.2 Å². The van der Waals surface area contributed by atoms with Crippen LogP contribution in [0.2, 0.25) is 0 Å². The lowest BCUT2D eigenvalue weighted by Gasteiger charge is -2.22. The number of hydrogen-bond donors (Lipinski definition) is 1. The molecule has 2 aliphatic rings. The second kappa shape index (κ2) is 10.1. The maximum atomic E-state index is 12.8. The number of amides is 4. The van der Waals surface area contributed by atoms with Gasteiger partial charge in [0.1, 0.15) is 0 Å². The summed E-state index contributed by atoms with van der Waals surface area (Å²) in [5.41, 5.74) is 1.89. The Morgan fingerprint density at radius 3 is 2.56 bits per heavy atom. The average molecular weight is 523 g/mol. The summed E-state index contributed by atoms with van der Waals surface area (Å²) >= 11 is 4.87. The first-order valence-corrected chi connectivity index (χ1v) is 11.9. The Kier molecular flexibility index (Phi) is 7.66. The second-order valence-corrected chi connectivity index (χ2v) is 10.8. The molecule has 32 heavy (non-hydrogen) atoms. The number of carbonyl (C=O) groups is 4. The number of carbonyl (C=O) groups excluding carboxylic acids is 4. The normalized spacial score (nSPS) is 20.2. The van der Waals surface area contributed by atoms with Crippen LogP contribution >= 0.6 is 27.7 Å². The number of thioether (sulfide) groups is 1. The van der Waals surface area contributed by atoms with E-state index in [-0.39, 0.29) is 47.9 Å². The predicted molar refractivity (Wildman–Crippen MR) is 129 cm³/mol. The number of halogens is 1. The summed E-state index contributed by atoms with van der Waals surface area (Å²) < 4.78 is 0.962. The summed E-state index contributed by atoms with van der Waals surface area (Å²) in [7, 11) is 4.88. The SMILES string of the molecule is Cc1cc(N2CC(NC(=O)C3CC=C(Br)S3)CC2=O)ccc1C(=O)N(C)CC(=O)N(C)C. The number of anilines is 1. The largest absolute Gasteiger partial charge is 0.350 e. The smallest absolute Gasteiger partial charge is 0.254 e. The minimum atomic E-state index is -0.254. The van der Waals surface area contributed by atoms with Crippen molar-refractivity contribution >= 4 is 57.0 Å². The fourth-order valence-electron chi connectivity index (χ4n) is 3.62. The lowest BCUT2D eigenvalue weighted by Crippen LogP contribution is -2.41. The number of aryl methyl sites for hydroxylation is 1. The fourth-order valence-corrected chi connectivity index (χ4v) is 5.31. The molecular weight excluding hydrogens is 496 g/mol. The highest BCUT2D eigenvalue weighted by atomic mass is 79.9. The Hall–Kier alpha value is -2.33. The van der Waals surface area contributed by atoms with Crippen molar-refractivity contribution in [1.82, 2.24) is 15.1 Å². The Morgan fingerprint density at radius 2 is 1.97 bits per heavy atom. The van der Waals surface area contributed by atoms with Crippen molar-refractivity contribution in [3.05, 3.63) is 39.2 Å². The zero-order valence-electron chi connectivity index (χ0n) is 18.6. The molecule has 0 spiro atoms. The Bertz CT molecular complexity index is 981. The summed E-state index contributed by atoms with van der Waals surface area (Å²) in [4.78, 5) is 54.2. The Labute approximate surface area is 200 Å². The molecule has 2 atom stereocenters. The zero-order chi connectivity index (χ0) is 23.6. The minimum absolute atomic E-state index is 0.00954. The number of hydrogen-bond acceptors (Lipinski definition) is 5. The molecule has 0 aliphatic carbocycles. The third-order valence-corrected chi connectivity index (χ3v) is 7.45. The molecule has 1 fully saturated rings. The third-order valence-electron chi connectivity index (χ3n) is 5.48. The van der Waals surface area contributed by atoms with Gasteiger partial charge < -0.3 is 20.0 Å². The van der Waals surface area contributed by atoms with Crippen LogP contribution in [0.5, 0.6) is 0 Å². The molecule has 8 nitrogen and oxygen atoms in total. The van der Waals surface area contributed by atoms with Crippen molar-refractivity contribution in [2.24, 2.45) is 0 Å². The third kappa shape index (κ3) is 5.53. The molecule has 1 aromatic rings. The van der Waals surface area contributed by atoms with Crippen LogP contribution in [-0.2, 0) is 14.4 Å². The highest BCUT2D eigenvalue weighted by Gasteiger charge is 2.34. The maximum absolute atomic E-state index is 12.8. The van der Waals surface area contributed by atoms with E-state index < -0.39 is 0 Å². The van der Waals surface area contributed by atoms with Gasteiger partial charge in [0.2, 0.25) is 17.7 Å². The number of nitrogens with one attached hydrogen (secondary N) is 1. The molecule has 2 aliphatic heterocycles. The van der Waals surface area contributed by atoms with Gasteiger partial charge in [-0.3, -0.25) is 19.2 Å². The van der Waals surface area contributed by atoms with E-state index >= 15 is 0 Å². The maximum Gasteiger partial charge on any atom is 0.254 e. The van der Waals surface area contributed by atoms with Gasteiger partial charge in [0.15, 0.2) is 0 Å². The Morgan fingerprint density at radius 1 is 1.25 bits per heavy atom. The predicted octanol–water partition coefficient (Wildman–Crippen LogP) is 2.12. The quantitative estimate of drug-likeness (QED) is 0.617. The molecule has 0 saturated carbocycles. The molecule has 10 heteroatoms. The van der Waals surface area contributed by atoms with E-state index in [4.69, 9.17) is 0 Å². The molecule has 1 aromatic carbocycles. The highest BCUT2D eigenvalue weighted by Crippen LogP contribution is 2.36. The molecule has 1 saturated heterocycles. The lowest BCUT2D eigenvalue weighted by atomic mass is 10.1. The summed E-state index contributed by atoms with van der Waals surface area (Å²) in [6, 6.07) is 4.96.